The van der Waals surface area contributed by atoms with Crippen LogP contribution >= 0.6 is 0 Å². The summed E-state index contributed by atoms with van der Waals surface area (Å²) in [7, 11) is 0. The van der Waals surface area contributed by atoms with E-state index in [1.165, 1.54) is 0 Å². The van der Waals surface area contributed by atoms with E-state index in [9.17, 15) is 14.7 Å². The average Bonchev–Trinajstić information content (AvgIpc) is 2.94. The zero-order valence-electron chi connectivity index (χ0n) is 22.0. The van der Waals surface area contributed by atoms with E-state index in [4.69, 9.17) is 19.3 Å². The predicted molar refractivity (Wildman–Crippen MR) is 148 cm³/mol. The molecule has 0 aromatic heterocycles. The van der Waals surface area contributed by atoms with Crippen molar-refractivity contribution in [3.63, 3.8) is 0 Å². The molecule has 0 aliphatic carbocycles. The maximum atomic E-state index is 11.7. The highest BCUT2D eigenvalue weighted by molar-refractivity contribution is 5.77. The number of benzene rings is 3. The van der Waals surface area contributed by atoms with Crippen molar-refractivity contribution in [2.45, 2.75) is 44.6 Å². The van der Waals surface area contributed by atoms with Gasteiger partial charge >= 0.3 is 11.9 Å². The minimum Gasteiger partial charge on any atom is -0.494 e. The van der Waals surface area contributed by atoms with Crippen LogP contribution in [0.5, 0.6) is 17.2 Å². The zero-order chi connectivity index (χ0) is 27.5. The lowest BCUT2D eigenvalue weighted by atomic mass is 10.0. The monoisotopic (exact) mass is 533 g/mol. The molecule has 1 aliphatic heterocycles. The Labute approximate surface area is 228 Å². The van der Waals surface area contributed by atoms with E-state index in [0.717, 1.165) is 47.6 Å². The molecule has 0 fully saturated rings. The molecule has 1 atom stereocenters. The van der Waals surface area contributed by atoms with E-state index < -0.39 is 18.0 Å². The minimum atomic E-state index is -1.03. The van der Waals surface area contributed by atoms with Gasteiger partial charge in [0.05, 0.1) is 25.4 Å². The van der Waals surface area contributed by atoms with Crippen LogP contribution in [-0.2, 0) is 22.4 Å². The first-order valence-corrected chi connectivity index (χ1v) is 13.4. The number of carboxylic acids is 2. The number of anilines is 1. The molecule has 0 radical (unpaired) electrons. The average molecular weight is 534 g/mol. The highest BCUT2D eigenvalue weighted by Crippen LogP contribution is 2.37. The fourth-order valence-corrected chi connectivity index (χ4v) is 4.52. The minimum absolute atomic E-state index is 0.0342. The van der Waals surface area contributed by atoms with Gasteiger partial charge < -0.3 is 29.3 Å². The van der Waals surface area contributed by atoms with Crippen LogP contribution in [0.3, 0.4) is 0 Å². The van der Waals surface area contributed by atoms with Gasteiger partial charge in [0.15, 0.2) is 0 Å². The van der Waals surface area contributed by atoms with Crippen molar-refractivity contribution in [3.05, 3.63) is 83.9 Å². The van der Waals surface area contributed by atoms with E-state index in [-0.39, 0.29) is 13.0 Å². The number of rotatable bonds is 15. The fraction of sp³-hybridized carbons (Fsp3) is 0.355. The molecule has 1 heterocycles. The molecule has 0 bridgehead atoms. The molecule has 3 aromatic rings. The van der Waals surface area contributed by atoms with Crippen molar-refractivity contribution in [1.82, 2.24) is 0 Å². The molecule has 0 saturated carbocycles. The summed E-state index contributed by atoms with van der Waals surface area (Å²) in [6.45, 7) is 1.93. The highest BCUT2D eigenvalue weighted by Gasteiger charge is 2.31. The van der Waals surface area contributed by atoms with Crippen LogP contribution in [0.2, 0.25) is 0 Å². The standard InChI is InChI=1S/C31H35NO7/c33-29(34)12-7-19-32-22-28(31(35)36)39-30-24(8-6-11-27(30)32)16-13-23-14-17-26(18-15-23)38-21-5-4-20-37-25-9-2-1-3-10-25/h1-3,6,8-11,14-15,17-18,28H,4-5,7,12-13,16,19-22H2,(H,33,34)(H,35,36). The van der Waals surface area contributed by atoms with Gasteiger partial charge in [-0.2, -0.15) is 0 Å². The number of aliphatic carboxylic acids is 2. The molecule has 2 N–H and O–H groups in total. The third kappa shape index (κ3) is 8.40. The molecule has 39 heavy (non-hydrogen) atoms. The molecule has 1 unspecified atom stereocenters. The van der Waals surface area contributed by atoms with Crippen molar-refractivity contribution in [2.75, 3.05) is 31.2 Å². The molecule has 0 saturated heterocycles. The second-order valence-corrected chi connectivity index (χ2v) is 9.51. The smallest absolute Gasteiger partial charge is 0.346 e. The van der Waals surface area contributed by atoms with Gasteiger partial charge in [0, 0.05) is 13.0 Å². The number of hydrogen-bond donors (Lipinski definition) is 2. The van der Waals surface area contributed by atoms with Crippen LogP contribution in [0.1, 0.15) is 36.8 Å². The van der Waals surface area contributed by atoms with Crippen molar-refractivity contribution in [2.24, 2.45) is 0 Å². The fourth-order valence-electron chi connectivity index (χ4n) is 4.52. The van der Waals surface area contributed by atoms with E-state index >= 15 is 0 Å². The number of para-hydroxylation sites is 2. The van der Waals surface area contributed by atoms with Crippen molar-refractivity contribution >= 4 is 17.6 Å². The maximum absolute atomic E-state index is 11.7. The Bertz CT molecular complexity index is 1210. The normalized spacial score (nSPS) is 14.3. The van der Waals surface area contributed by atoms with Crippen LogP contribution in [0.25, 0.3) is 0 Å². The number of fused-ring (bicyclic) bond motifs is 1. The zero-order valence-corrected chi connectivity index (χ0v) is 22.0. The van der Waals surface area contributed by atoms with Gasteiger partial charge in [-0.3, -0.25) is 4.79 Å². The first kappa shape index (κ1) is 27.8. The lowest BCUT2D eigenvalue weighted by Gasteiger charge is -2.35. The van der Waals surface area contributed by atoms with E-state index in [1.54, 1.807) is 0 Å². The summed E-state index contributed by atoms with van der Waals surface area (Å²) in [4.78, 5) is 24.6. The molecule has 0 spiro atoms. The Morgan fingerprint density at radius 2 is 1.51 bits per heavy atom. The second-order valence-electron chi connectivity index (χ2n) is 9.51. The quantitative estimate of drug-likeness (QED) is 0.256. The number of ether oxygens (including phenoxy) is 3. The highest BCUT2D eigenvalue weighted by atomic mass is 16.5. The number of hydrogen-bond acceptors (Lipinski definition) is 6. The van der Waals surface area contributed by atoms with Crippen LogP contribution in [0, 0.1) is 0 Å². The summed E-state index contributed by atoms with van der Waals surface area (Å²) in [5.41, 5.74) is 2.88. The predicted octanol–water partition coefficient (Wildman–Crippen LogP) is 5.23. The summed E-state index contributed by atoms with van der Waals surface area (Å²) in [6.07, 6.45) is 2.72. The Morgan fingerprint density at radius 3 is 2.18 bits per heavy atom. The van der Waals surface area contributed by atoms with Gasteiger partial charge in [-0.05, 0) is 73.6 Å². The topological polar surface area (TPSA) is 106 Å². The second kappa shape index (κ2) is 14.1. The van der Waals surface area contributed by atoms with Crippen LogP contribution in [0.4, 0.5) is 5.69 Å². The van der Waals surface area contributed by atoms with Gasteiger partial charge in [0.1, 0.15) is 17.2 Å². The molecule has 1 aliphatic rings. The SMILES string of the molecule is O=C(O)CCCN1CC(C(=O)O)Oc2c(CCc3ccc(OCCCCOc4ccccc4)cc3)cccc21. The van der Waals surface area contributed by atoms with Gasteiger partial charge in [0.2, 0.25) is 6.10 Å². The van der Waals surface area contributed by atoms with Crippen molar-refractivity contribution < 1.29 is 34.0 Å². The summed E-state index contributed by atoms with van der Waals surface area (Å²) in [6, 6.07) is 23.6. The van der Waals surface area contributed by atoms with Crippen LogP contribution in [0.15, 0.2) is 72.8 Å². The number of unbranched alkanes of at least 4 members (excludes halogenated alkanes) is 1. The molecule has 8 heteroatoms. The Hall–Kier alpha value is -4.20. The maximum Gasteiger partial charge on any atom is 0.346 e. The van der Waals surface area contributed by atoms with E-state index in [0.29, 0.717) is 38.3 Å². The third-order valence-corrected chi connectivity index (χ3v) is 6.58. The lowest BCUT2D eigenvalue weighted by molar-refractivity contribution is -0.145. The largest absolute Gasteiger partial charge is 0.494 e. The number of carboxylic acid groups (broad SMARTS) is 2. The summed E-state index contributed by atoms with van der Waals surface area (Å²) < 4.78 is 17.5. The Kier molecular flexibility index (Phi) is 10.1. The summed E-state index contributed by atoms with van der Waals surface area (Å²) in [5, 5.41) is 18.6. The van der Waals surface area contributed by atoms with E-state index in [1.807, 2.05) is 77.7 Å². The van der Waals surface area contributed by atoms with Crippen molar-refractivity contribution in [1.29, 1.82) is 0 Å². The summed E-state index contributed by atoms with van der Waals surface area (Å²) in [5.74, 6) is 0.383. The van der Waals surface area contributed by atoms with Crippen molar-refractivity contribution in [3.8, 4) is 17.2 Å². The van der Waals surface area contributed by atoms with Gasteiger partial charge in [-0.1, -0.05) is 42.5 Å². The van der Waals surface area contributed by atoms with E-state index in [2.05, 4.69) is 0 Å². The number of aryl methyl sites for hydroxylation is 2. The van der Waals surface area contributed by atoms with Gasteiger partial charge in [-0.15, -0.1) is 0 Å². The van der Waals surface area contributed by atoms with Gasteiger partial charge in [0.25, 0.3) is 0 Å². The molecule has 206 valence electrons. The molecule has 4 rings (SSSR count). The van der Waals surface area contributed by atoms with Crippen LogP contribution < -0.4 is 19.1 Å². The Morgan fingerprint density at radius 1 is 0.821 bits per heavy atom. The first-order chi connectivity index (χ1) is 19.0. The molecule has 3 aromatic carbocycles. The number of carbonyl (C=O) groups is 2. The van der Waals surface area contributed by atoms with Gasteiger partial charge in [-0.25, -0.2) is 4.79 Å². The number of nitrogens with zero attached hydrogens (tertiary/aromatic N) is 1. The molecular formula is C31H35NO7. The molecule has 8 nitrogen and oxygen atoms in total. The summed E-state index contributed by atoms with van der Waals surface area (Å²) >= 11 is 0. The third-order valence-electron chi connectivity index (χ3n) is 6.58. The lowest BCUT2D eigenvalue weighted by Crippen LogP contribution is -2.45. The first-order valence-electron chi connectivity index (χ1n) is 13.4. The Balaban J connectivity index is 1.27. The molecular weight excluding hydrogens is 498 g/mol. The van der Waals surface area contributed by atoms with Crippen LogP contribution in [-0.4, -0.2) is 54.6 Å². The molecule has 0 amide bonds.